The SMILES string of the molecule is CC(C)(C)OC(=O)NC1(C2(CN)CC2)CCC1. The summed E-state index contributed by atoms with van der Waals surface area (Å²) in [5.74, 6) is 0. The Morgan fingerprint density at radius 3 is 2.18 bits per heavy atom. The van der Waals surface area contributed by atoms with Crippen LogP contribution in [0.5, 0.6) is 0 Å². The molecule has 2 rings (SSSR count). The molecule has 2 fully saturated rings. The van der Waals surface area contributed by atoms with Gasteiger partial charge in [-0.15, -0.1) is 0 Å². The molecule has 3 N–H and O–H groups in total. The number of carbonyl (C=O) groups is 1. The average Bonchev–Trinajstić information content (AvgIpc) is 2.89. The Labute approximate surface area is 103 Å². The molecule has 98 valence electrons. The van der Waals surface area contributed by atoms with Gasteiger partial charge in [0.1, 0.15) is 5.60 Å². The highest BCUT2D eigenvalue weighted by Crippen LogP contribution is 2.60. The molecule has 0 bridgehead atoms. The van der Waals surface area contributed by atoms with Gasteiger partial charge in [0.15, 0.2) is 0 Å². The first-order chi connectivity index (χ1) is 7.83. The maximum Gasteiger partial charge on any atom is 0.408 e. The van der Waals surface area contributed by atoms with Crippen molar-refractivity contribution in [2.75, 3.05) is 6.54 Å². The summed E-state index contributed by atoms with van der Waals surface area (Å²) >= 11 is 0. The van der Waals surface area contributed by atoms with Crippen molar-refractivity contribution in [3.05, 3.63) is 0 Å². The van der Waals surface area contributed by atoms with E-state index in [1.165, 1.54) is 6.42 Å². The number of amides is 1. The zero-order valence-corrected chi connectivity index (χ0v) is 11.1. The van der Waals surface area contributed by atoms with Crippen molar-refractivity contribution < 1.29 is 9.53 Å². The Morgan fingerprint density at radius 1 is 1.29 bits per heavy atom. The van der Waals surface area contributed by atoms with Crippen molar-refractivity contribution in [3.63, 3.8) is 0 Å². The predicted molar refractivity (Wildman–Crippen MR) is 66.7 cm³/mol. The molecule has 4 heteroatoms. The molecule has 2 aliphatic rings. The summed E-state index contributed by atoms with van der Waals surface area (Å²) < 4.78 is 5.35. The third-order valence-corrected chi connectivity index (χ3v) is 4.21. The summed E-state index contributed by atoms with van der Waals surface area (Å²) in [6.45, 7) is 6.32. The number of hydrogen-bond acceptors (Lipinski definition) is 3. The van der Waals surface area contributed by atoms with Crippen molar-refractivity contribution in [3.8, 4) is 0 Å². The van der Waals surface area contributed by atoms with E-state index in [1.54, 1.807) is 0 Å². The molecule has 0 saturated heterocycles. The van der Waals surface area contributed by atoms with Crippen LogP contribution in [0, 0.1) is 5.41 Å². The Hall–Kier alpha value is -0.770. The highest BCUT2D eigenvalue weighted by molar-refractivity contribution is 5.69. The number of ether oxygens (including phenoxy) is 1. The van der Waals surface area contributed by atoms with Crippen molar-refractivity contribution in [2.45, 2.75) is 64.0 Å². The number of rotatable bonds is 3. The molecule has 0 spiro atoms. The van der Waals surface area contributed by atoms with E-state index in [0.717, 1.165) is 25.7 Å². The lowest BCUT2D eigenvalue weighted by Gasteiger charge is -2.48. The summed E-state index contributed by atoms with van der Waals surface area (Å²) in [6.07, 6.45) is 5.25. The molecule has 0 aromatic carbocycles. The summed E-state index contributed by atoms with van der Waals surface area (Å²) in [4.78, 5) is 11.9. The molecule has 0 aromatic heterocycles. The second kappa shape index (κ2) is 3.87. The van der Waals surface area contributed by atoms with Crippen molar-refractivity contribution >= 4 is 6.09 Å². The van der Waals surface area contributed by atoms with Crippen LogP contribution in [-0.2, 0) is 4.74 Å². The highest BCUT2D eigenvalue weighted by atomic mass is 16.6. The molecule has 4 nitrogen and oxygen atoms in total. The summed E-state index contributed by atoms with van der Waals surface area (Å²) in [6, 6.07) is 0. The first-order valence-corrected chi connectivity index (χ1v) is 6.54. The van der Waals surface area contributed by atoms with E-state index < -0.39 is 5.60 Å². The van der Waals surface area contributed by atoms with Gasteiger partial charge in [0.25, 0.3) is 0 Å². The van der Waals surface area contributed by atoms with Gasteiger partial charge in [0, 0.05) is 12.0 Å². The van der Waals surface area contributed by atoms with Crippen molar-refractivity contribution in [2.24, 2.45) is 11.1 Å². The first kappa shape index (κ1) is 12.7. The third-order valence-electron chi connectivity index (χ3n) is 4.21. The van der Waals surface area contributed by atoms with Gasteiger partial charge < -0.3 is 15.8 Å². The van der Waals surface area contributed by atoms with Crippen LogP contribution in [0.1, 0.15) is 52.9 Å². The van der Waals surface area contributed by atoms with Gasteiger partial charge in [-0.05, 0) is 52.9 Å². The summed E-state index contributed by atoms with van der Waals surface area (Å²) in [5.41, 5.74) is 5.51. The normalized spacial score (nSPS) is 24.7. The van der Waals surface area contributed by atoms with Crippen LogP contribution >= 0.6 is 0 Å². The zero-order valence-electron chi connectivity index (χ0n) is 11.1. The number of alkyl carbamates (subject to hydrolysis) is 1. The van der Waals surface area contributed by atoms with Gasteiger partial charge in [-0.1, -0.05) is 0 Å². The van der Waals surface area contributed by atoms with Gasteiger partial charge in [-0.3, -0.25) is 0 Å². The van der Waals surface area contributed by atoms with Crippen LogP contribution in [0.4, 0.5) is 4.79 Å². The van der Waals surface area contributed by atoms with Gasteiger partial charge in [-0.25, -0.2) is 4.79 Å². The Balaban J connectivity index is 1.99. The van der Waals surface area contributed by atoms with Crippen LogP contribution in [-0.4, -0.2) is 23.8 Å². The molecule has 2 saturated carbocycles. The monoisotopic (exact) mass is 240 g/mol. The second-order valence-corrected chi connectivity index (χ2v) is 6.55. The van der Waals surface area contributed by atoms with E-state index in [0.29, 0.717) is 6.54 Å². The minimum atomic E-state index is -0.436. The van der Waals surface area contributed by atoms with Gasteiger partial charge in [0.05, 0.1) is 5.54 Å². The fourth-order valence-corrected chi connectivity index (χ4v) is 2.85. The van der Waals surface area contributed by atoms with E-state index in [-0.39, 0.29) is 17.0 Å². The second-order valence-electron chi connectivity index (χ2n) is 6.55. The molecule has 0 aromatic rings. The van der Waals surface area contributed by atoms with E-state index in [4.69, 9.17) is 10.5 Å². The van der Waals surface area contributed by atoms with E-state index in [9.17, 15) is 4.79 Å². The summed E-state index contributed by atoms with van der Waals surface area (Å²) in [7, 11) is 0. The predicted octanol–water partition coefficient (Wildman–Crippen LogP) is 2.17. The van der Waals surface area contributed by atoms with Crippen LogP contribution < -0.4 is 11.1 Å². The minimum Gasteiger partial charge on any atom is -0.444 e. The smallest absolute Gasteiger partial charge is 0.408 e. The first-order valence-electron chi connectivity index (χ1n) is 6.54. The fraction of sp³-hybridized carbons (Fsp3) is 0.923. The Morgan fingerprint density at radius 2 is 1.88 bits per heavy atom. The molecule has 2 aliphatic carbocycles. The molecular weight excluding hydrogens is 216 g/mol. The zero-order chi connectivity index (χ0) is 12.7. The highest BCUT2D eigenvalue weighted by Gasteiger charge is 2.61. The number of nitrogens with two attached hydrogens (primary N) is 1. The summed E-state index contributed by atoms with van der Waals surface area (Å²) in [5, 5.41) is 3.10. The quantitative estimate of drug-likeness (QED) is 0.794. The lowest BCUT2D eigenvalue weighted by Crippen LogP contribution is -2.62. The van der Waals surface area contributed by atoms with Crippen LogP contribution in [0.3, 0.4) is 0 Å². The topological polar surface area (TPSA) is 64.3 Å². The molecule has 0 radical (unpaired) electrons. The molecular formula is C13H24N2O2. The van der Waals surface area contributed by atoms with Gasteiger partial charge in [0.2, 0.25) is 0 Å². The molecule has 17 heavy (non-hydrogen) atoms. The lowest BCUT2D eigenvalue weighted by molar-refractivity contribution is 0.0234. The fourth-order valence-electron chi connectivity index (χ4n) is 2.85. The molecule has 1 amide bonds. The van der Waals surface area contributed by atoms with Crippen molar-refractivity contribution in [1.82, 2.24) is 5.32 Å². The van der Waals surface area contributed by atoms with Crippen LogP contribution in [0.2, 0.25) is 0 Å². The Kier molecular flexibility index (Phi) is 2.89. The van der Waals surface area contributed by atoms with Gasteiger partial charge >= 0.3 is 6.09 Å². The van der Waals surface area contributed by atoms with Gasteiger partial charge in [-0.2, -0.15) is 0 Å². The molecule has 0 atom stereocenters. The largest absolute Gasteiger partial charge is 0.444 e. The number of nitrogens with one attached hydrogen (secondary N) is 1. The third kappa shape index (κ3) is 2.28. The van der Waals surface area contributed by atoms with E-state index >= 15 is 0 Å². The molecule has 0 aliphatic heterocycles. The molecule has 0 unspecified atom stereocenters. The maximum atomic E-state index is 11.9. The van der Waals surface area contributed by atoms with Crippen LogP contribution in [0.25, 0.3) is 0 Å². The van der Waals surface area contributed by atoms with Crippen molar-refractivity contribution in [1.29, 1.82) is 0 Å². The van der Waals surface area contributed by atoms with E-state index in [1.807, 2.05) is 20.8 Å². The lowest BCUT2D eigenvalue weighted by atomic mass is 9.65. The minimum absolute atomic E-state index is 0.0793. The number of carbonyl (C=O) groups excluding carboxylic acids is 1. The Bertz CT molecular complexity index is 312. The maximum absolute atomic E-state index is 11.9. The molecule has 0 heterocycles. The average molecular weight is 240 g/mol. The number of hydrogen-bond donors (Lipinski definition) is 2. The van der Waals surface area contributed by atoms with Crippen LogP contribution in [0.15, 0.2) is 0 Å². The standard InChI is InChI=1S/C13H24N2O2/c1-11(2,3)17-10(16)15-13(5-4-6-13)12(9-14)7-8-12/h4-9,14H2,1-3H3,(H,15,16). The van der Waals surface area contributed by atoms with E-state index in [2.05, 4.69) is 5.32 Å².